The van der Waals surface area contributed by atoms with Crippen LogP contribution in [0.15, 0.2) is 22.8 Å². The van der Waals surface area contributed by atoms with Crippen LogP contribution in [0, 0.1) is 3.57 Å². The first-order chi connectivity index (χ1) is 5.29. The molecule has 0 aliphatic rings. The molecule has 2 nitrogen and oxygen atoms in total. The summed E-state index contributed by atoms with van der Waals surface area (Å²) in [6.07, 6.45) is 1.89. The first kappa shape index (κ1) is 7.54. The number of fused-ring (bicyclic) bond motifs is 1. The Labute approximate surface area is 85.6 Å². The molecular weight excluding hydrogens is 319 g/mol. The molecule has 0 saturated heterocycles. The number of hydrogen-bond donors (Lipinski definition) is 1. The molecule has 0 saturated carbocycles. The van der Waals surface area contributed by atoms with Gasteiger partial charge in [-0.1, -0.05) is 15.9 Å². The second-order valence-corrected chi connectivity index (χ2v) is 4.19. The van der Waals surface area contributed by atoms with E-state index in [9.17, 15) is 0 Å². The standard InChI is InChI=1S/C7H4BrIN2/c8-5-1-2-6(9)7-4(5)3-10-11-7/h1-3H,(H,10,11). The van der Waals surface area contributed by atoms with Crippen molar-refractivity contribution in [3.8, 4) is 0 Å². The van der Waals surface area contributed by atoms with Crippen molar-refractivity contribution in [3.63, 3.8) is 0 Å². The van der Waals surface area contributed by atoms with Gasteiger partial charge >= 0.3 is 0 Å². The van der Waals surface area contributed by atoms with Crippen LogP contribution in [0.4, 0.5) is 0 Å². The van der Waals surface area contributed by atoms with Gasteiger partial charge in [0.25, 0.3) is 0 Å². The van der Waals surface area contributed by atoms with Gasteiger partial charge in [0.15, 0.2) is 0 Å². The Kier molecular flexibility index (Phi) is 1.88. The van der Waals surface area contributed by atoms with Gasteiger partial charge in [-0.25, -0.2) is 0 Å². The highest BCUT2D eigenvalue weighted by Gasteiger charge is 2.03. The summed E-state index contributed by atoms with van der Waals surface area (Å²) in [7, 11) is 0. The van der Waals surface area contributed by atoms with E-state index in [-0.39, 0.29) is 0 Å². The number of H-pyrrole nitrogens is 1. The molecule has 0 amide bonds. The Bertz CT molecular complexity index is 360. The fraction of sp³-hybridized carbons (Fsp3) is 0. The second-order valence-electron chi connectivity index (χ2n) is 2.18. The van der Waals surface area contributed by atoms with Crippen LogP contribution < -0.4 is 0 Å². The van der Waals surface area contributed by atoms with Gasteiger partial charge in [0.1, 0.15) is 5.52 Å². The molecule has 4 heteroatoms. The van der Waals surface area contributed by atoms with Crippen molar-refractivity contribution in [2.45, 2.75) is 0 Å². The maximum absolute atomic E-state index is 4.12. The average Bonchev–Trinajstić information content (AvgIpc) is 2.45. The van der Waals surface area contributed by atoms with E-state index in [4.69, 9.17) is 0 Å². The quantitative estimate of drug-likeness (QED) is 0.742. The molecular formula is C7H4BrIN2. The Morgan fingerprint density at radius 3 is 3.00 bits per heavy atom. The van der Waals surface area contributed by atoms with Crippen LogP contribution in [-0.2, 0) is 0 Å². The van der Waals surface area contributed by atoms with E-state index in [0.29, 0.717) is 0 Å². The summed E-state index contributed by atoms with van der Waals surface area (Å²) in [6, 6.07) is 4.06. The van der Waals surface area contributed by atoms with Crippen molar-refractivity contribution in [2.24, 2.45) is 0 Å². The Morgan fingerprint density at radius 2 is 2.27 bits per heavy atom. The molecule has 0 spiro atoms. The molecule has 1 aromatic carbocycles. The molecule has 0 aliphatic carbocycles. The lowest BCUT2D eigenvalue weighted by atomic mass is 10.3. The Hall–Kier alpha value is -0.100. The molecule has 1 N–H and O–H groups in total. The number of halogens is 2. The van der Waals surface area contributed by atoms with Crippen LogP contribution in [0.5, 0.6) is 0 Å². The van der Waals surface area contributed by atoms with Crippen molar-refractivity contribution >= 4 is 49.4 Å². The summed E-state index contributed by atoms with van der Waals surface area (Å²) in [4.78, 5) is 0. The number of hydrogen-bond acceptors (Lipinski definition) is 1. The number of aromatic amines is 1. The van der Waals surface area contributed by atoms with Crippen LogP contribution in [0.25, 0.3) is 10.9 Å². The van der Waals surface area contributed by atoms with Crippen molar-refractivity contribution in [2.75, 3.05) is 0 Å². The van der Waals surface area contributed by atoms with E-state index < -0.39 is 0 Å². The van der Waals surface area contributed by atoms with Gasteiger partial charge in [-0.2, -0.15) is 5.10 Å². The lowest BCUT2D eigenvalue weighted by molar-refractivity contribution is 1.12. The largest absolute Gasteiger partial charge is 0.284 e. The topological polar surface area (TPSA) is 28.7 Å². The third-order valence-corrected chi connectivity index (χ3v) is 3.06. The van der Waals surface area contributed by atoms with E-state index in [2.05, 4.69) is 48.7 Å². The van der Waals surface area contributed by atoms with Gasteiger partial charge in [-0.15, -0.1) is 0 Å². The number of benzene rings is 1. The Morgan fingerprint density at radius 1 is 1.45 bits per heavy atom. The maximum atomic E-state index is 4.12. The van der Waals surface area contributed by atoms with Crippen molar-refractivity contribution in [1.29, 1.82) is 0 Å². The van der Waals surface area contributed by atoms with E-state index >= 15 is 0 Å². The van der Waals surface area contributed by atoms with Crippen molar-refractivity contribution in [1.82, 2.24) is 10.2 Å². The fourth-order valence-electron chi connectivity index (χ4n) is 0.969. The summed E-state index contributed by atoms with van der Waals surface area (Å²) in [5.74, 6) is 0. The molecule has 0 unspecified atom stereocenters. The summed E-state index contributed by atoms with van der Waals surface area (Å²) in [6.45, 7) is 0. The average molecular weight is 323 g/mol. The smallest absolute Gasteiger partial charge is 0.106 e. The second kappa shape index (κ2) is 2.75. The molecule has 0 atom stereocenters. The number of rotatable bonds is 0. The molecule has 2 rings (SSSR count). The van der Waals surface area contributed by atoms with E-state index in [1.807, 2.05) is 18.3 Å². The molecule has 0 fully saturated rings. The van der Waals surface area contributed by atoms with Gasteiger partial charge in [0.2, 0.25) is 0 Å². The molecule has 11 heavy (non-hydrogen) atoms. The predicted molar refractivity (Wildman–Crippen MR) is 56.5 cm³/mol. The third-order valence-electron chi connectivity index (χ3n) is 1.50. The zero-order chi connectivity index (χ0) is 7.84. The molecule has 56 valence electrons. The SMILES string of the molecule is Brc1ccc(I)c2n[nH]cc12. The first-order valence-corrected chi connectivity index (χ1v) is 4.93. The molecule has 1 aromatic heterocycles. The molecule has 0 radical (unpaired) electrons. The molecule has 2 aromatic rings. The first-order valence-electron chi connectivity index (χ1n) is 3.06. The monoisotopic (exact) mass is 322 g/mol. The van der Waals surface area contributed by atoms with Crippen LogP contribution in [-0.4, -0.2) is 10.2 Å². The fourth-order valence-corrected chi connectivity index (χ4v) is 1.99. The van der Waals surface area contributed by atoms with E-state index in [1.165, 1.54) is 3.57 Å². The summed E-state index contributed by atoms with van der Waals surface area (Å²) in [5, 5.41) is 8.09. The van der Waals surface area contributed by atoms with Gasteiger partial charge in [0.05, 0.1) is 0 Å². The minimum absolute atomic E-state index is 1.03. The highest BCUT2D eigenvalue weighted by molar-refractivity contribution is 14.1. The number of aromatic nitrogens is 2. The third kappa shape index (κ3) is 1.18. The van der Waals surface area contributed by atoms with E-state index in [1.54, 1.807) is 0 Å². The highest BCUT2D eigenvalue weighted by Crippen LogP contribution is 2.25. The van der Waals surface area contributed by atoms with Gasteiger partial charge < -0.3 is 0 Å². The minimum atomic E-state index is 1.03. The van der Waals surface area contributed by atoms with Crippen LogP contribution in [0.2, 0.25) is 0 Å². The van der Waals surface area contributed by atoms with Gasteiger partial charge in [0, 0.05) is 19.6 Å². The number of nitrogens with one attached hydrogen (secondary N) is 1. The summed E-state index contributed by atoms with van der Waals surface area (Å²) >= 11 is 5.71. The summed E-state index contributed by atoms with van der Waals surface area (Å²) < 4.78 is 2.25. The van der Waals surface area contributed by atoms with Gasteiger partial charge in [-0.3, -0.25) is 5.10 Å². The maximum Gasteiger partial charge on any atom is 0.106 e. The van der Waals surface area contributed by atoms with Crippen molar-refractivity contribution < 1.29 is 0 Å². The molecule has 0 bridgehead atoms. The molecule has 1 heterocycles. The zero-order valence-electron chi connectivity index (χ0n) is 5.44. The summed E-state index contributed by atoms with van der Waals surface area (Å²) in [5.41, 5.74) is 1.03. The van der Waals surface area contributed by atoms with E-state index in [0.717, 1.165) is 15.4 Å². The lowest BCUT2D eigenvalue weighted by Gasteiger charge is -1.93. The minimum Gasteiger partial charge on any atom is -0.284 e. The normalized spacial score (nSPS) is 10.7. The number of nitrogens with zero attached hydrogens (tertiary/aromatic N) is 1. The lowest BCUT2D eigenvalue weighted by Crippen LogP contribution is -1.75. The Balaban J connectivity index is 2.96. The van der Waals surface area contributed by atoms with Crippen LogP contribution in [0.1, 0.15) is 0 Å². The predicted octanol–water partition coefficient (Wildman–Crippen LogP) is 2.93. The zero-order valence-corrected chi connectivity index (χ0v) is 9.18. The van der Waals surface area contributed by atoms with Crippen LogP contribution >= 0.6 is 38.5 Å². The van der Waals surface area contributed by atoms with Crippen molar-refractivity contribution in [3.05, 3.63) is 26.4 Å². The van der Waals surface area contributed by atoms with Crippen LogP contribution in [0.3, 0.4) is 0 Å². The molecule has 0 aliphatic heterocycles. The van der Waals surface area contributed by atoms with Gasteiger partial charge in [-0.05, 0) is 34.7 Å². The highest BCUT2D eigenvalue weighted by atomic mass is 127.